The van der Waals surface area contributed by atoms with Gasteiger partial charge in [0.15, 0.2) is 0 Å². The number of methoxy groups -OCH3 is 1. The van der Waals surface area contributed by atoms with E-state index in [-0.39, 0.29) is 42.5 Å². The molecule has 0 saturated carbocycles. The zero-order valence-electron chi connectivity index (χ0n) is 24.8. The van der Waals surface area contributed by atoms with E-state index in [2.05, 4.69) is 26.3 Å². The normalized spacial score (nSPS) is 15.0. The highest BCUT2D eigenvalue weighted by Crippen LogP contribution is 2.28. The highest BCUT2D eigenvalue weighted by molar-refractivity contribution is 9.10. The number of carbonyl (C=O) groups excluding carboxylic acids is 2. The zero-order chi connectivity index (χ0) is 31.8. The molecule has 45 heavy (non-hydrogen) atoms. The molecule has 0 aliphatic carbocycles. The van der Waals surface area contributed by atoms with Crippen LogP contribution in [0.5, 0.6) is 5.75 Å². The molecule has 2 aromatic heterocycles. The smallest absolute Gasteiger partial charge is 0.333 e. The average Bonchev–Trinajstić information content (AvgIpc) is 3.68. The second-order valence-electron chi connectivity index (χ2n) is 10.9. The van der Waals surface area contributed by atoms with Crippen molar-refractivity contribution in [3.63, 3.8) is 0 Å². The Bertz CT molecular complexity index is 1930. The van der Waals surface area contributed by atoms with Gasteiger partial charge in [-0.25, -0.2) is 9.48 Å². The Morgan fingerprint density at radius 2 is 1.78 bits per heavy atom. The Morgan fingerprint density at radius 1 is 1.07 bits per heavy atom. The van der Waals surface area contributed by atoms with E-state index in [0.717, 1.165) is 11.3 Å². The Balaban J connectivity index is 1.41. The van der Waals surface area contributed by atoms with Crippen LogP contribution in [0.2, 0.25) is 5.02 Å². The fourth-order valence-corrected chi connectivity index (χ4v) is 6.00. The van der Waals surface area contributed by atoms with Crippen molar-refractivity contribution in [3.8, 4) is 17.1 Å². The lowest BCUT2D eigenvalue weighted by atomic mass is 10.1. The highest BCUT2D eigenvalue weighted by Gasteiger charge is 2.35. The summed E-state index contributed by atoms with van der Waals surface area (Å²) in [6.07, 6.45) is 3.51. The van der Waals surface area contributed by atoms with E-state index in [1.807, 2.05) is 62.5 Å². The van der Waals surface area contributed by atoms with Gasteiger partial charge in [-0.05, 0) is 96.0 Å². The van der Waals surface area contributed by atoms with Crippen LogP contribution in [0.3, 0.4) is 0 Å². The van der Waals surface area contributed by atoms with Crippen molar-refractivity contribution in [3.05, 3.63) is 128 Å². The van der Waals surface area contributed by atoms with Crippen LogP contribution in [0.4, 0.5) is 0 Å². The third-order valence-corrected chi connectivity index (χ3v) is 9.26. The maximum absolute atomic E-state index is 14.1. The standard InChI is InChI=1S/C33H30BrClN6O4/c1-20-18-39-29(19-38(20)32(43)23-7-14-27(34)28(35)17-23)30(31(42)37-21(2)22-5-12-26(45-3)13-6-22)41(33(39)44)25-10-8-24(9-11-25)40-16-4-15-36-40/h4-17,20-21H,18-19H2,1-3H3,(H,37,42)/t20-,21+/m0/s1. The largest absolute Gasteiger partial charge is 0.497 e. The van der Waals surface area contributed by atoms with E-state index in [0.29, 0.717) is 32.2 Å². The molecule has 6 rings (SSSR count). The molecule has 0 bridgehead atoms. The number of carbonyl (C=O) groups is 2. The maximum Gasteiger partial charge on any atom is 0.333 e. The quantitative estimate of drug-likeness (QED) is 0.233. The highest BCUT2D eigenvalue weighted by atomic mass is 79.9. The molecule has 1 aliphatic heterocycles. The van der Waals surface area contributed by atoms with Gasteiger partial charge in [-0.15, -0.1) is 0 Å². The molecule has 10 nitrogen and oxygen atoms in total. The summed E-state index contributed by atoms with van der Waals surface area (Å²) in [5.41, 5.74) is 2.87. The van der Waals surface area contributed by atoms with Gasteiger partial charge in [0.1, 0.15) is 11.4 Å². The molecule has 230 valence electrons. The van der Waals surface area contributed by atoms with E-state index in [1.54, 1.807) is 57.8 Å². The minimum atomic E-state index is -0.436. The third-order valence-electron chi connectivity index (χ3n) is 8.03. The summed E-state index contributed by atoms with van der Waals surface area (Å²) in [6.45, 7) is 4.03. The van der Waals surface area contributed by atoms with Crippen molar-refractivity contribution in [1.29, 1.82) is 0 Å². The summed E-state index contributed by atoms with van der Waals surface area (Å²) in [6, 6.07) is 20.8. The van der Waals surface area contributed by atoms with Crippen molar-refractivity contribution >= 4 is 39.3 Å². The van der Waals surface area contributed by atoms with Crippen LogP contribution in [-0.2, 0) is 13.1 Å². The minimum absolute atomic E-state index is 0.0565. The molecule has 5 aromatic rings. The van der Waals surface area contributed by atoms with Crippen molar-refractivity contribution in [2.24, 2.45) is 0 Å². The molecule has 2 amide bonds. The van der Waals surface area contributed by atoms with Gasteiger partial charge in [0.2, 0.25) is 0 Å². The molecule has 3 aromatic carbocycles. The van der Waals surface area contributed by atoms with Gasteiger partial charge in [-0.3, -0.25) is 18.7 Å². The molecule has 0 saturated heterocycles. The molecule has 0 fully saturated rings. The number of halogens is 2. The number of amides is 2. The fourth-order valence-electron chi connectivity index (χ4n) is 5.57. The van der Waals surface area contributed by atoms with Gasteiger partial charge in [-0.2, -0.15) is 5.10 Å². The van der Waals surface area contributed by atoms with Crippen molar-refractivity contribution in [2.75, 3.05) is 7.11 Å². The number of aromatic nitrogens is 4. The summed E-state index contributed by atoms with van der Waals surface area (Å²) in [4.78, 5) is 43.6. The second-order valence-corrected chi connectivity index (χ2v) is 12.1. The number of hydrogen-bond acceptors (Lipinski definition) is 5. The molecular formula is C33H30BrClN6O4. The zero-order valence-corrected chi connectivity index (χ0v) is 27.1. The maximum atomic E-state index is 14.1. The van der Waals surface area contributed by atoms with Crippen molar-refractivity contribution < 1.29 is 14.3 Å². The van der Waals surface area contributed by atoms with Crippen LogP contribution in [0, 0.1) is 0 Å². The lowest BCUT2D eigenvalue weighted by Gasteiger charge is -2.34. The van der Waals surface area contributed by atoms with E-state index in [9.17, 15) is 14.4 Å². The number of nitrogens with one attached hydrogen (secondary N) is 1. The first-order chi connectivity index (χ1) is 21.7. The summed E-state index contributed by atoms with van der Waals surface area (Å²) in [5, 5.41) is 7.75. The Kier molecular flexibility index (Phi) is 8.39. The van der Waals surface area contributed by atoms with E-state index < -0.39 is 5.91 Å². The van der Waals surface area contributed by atoms with E-state index >= 15 is 0 Å². The second kappa shape index (κ2) is 12.4. The van der Waals surface area contributed by atoms with Crippen LogP contribution in [-0.4, -0.2) is 48.8 Å². The first-order valence-electron chi connectivity index (χ1n) is 14.3. The van der Waals surface area contributed by atoms with E-state index in [1.165, 1.54) is 4.57 Å². The average molecular weight is 690 g/mol. The van der Waals surface area contributed by atoms with Gasteiger partial charge < -0.3 is 15.0 Å². The number of imidazole rings is 1. The summed E-state index contributed by atoms with van der Waals surface area (Å²) in [7, 11) is 1.59. The van der Waals surface area contributed by atoms with Gasteiger partial charge in [0.05, 0.1) is 41.8 Å². The molecule has 0 unspecified atom stereocenters. The molecule has 2 atom stereocenters. The Hall–Kier alpha value is -4.61. The Labute approximate surface area is 272 Å². The molecule has 0 radical (unpaired) electrons. The predicted molar refractivity (Wildman–Crippen MR) is 175 cm³/mol. The molecule has 0 spiro atoms. The van der Waals surface area contributed by atoms with Gasteiger partial charge in [0.25, 0.3) is 11.8 Å². The lowest BCUT2D eigenvalue weighted by Crippen LogP contribution is -2.47. The molecule has 1 aliphatic rings. The van der Waals surface area contributed by atoms with Gasteiger partial charge in [-0.1, -0.05) is 23.7 Å². The fraction of sp³-hybridized carbons (Fsp3) is 0.212. The summed E-state index contributed by atoms with van der Waals surface area (Å²) < 4.78 is 10.7. The number of nitrogens with zero attached hydrogens (tertiary/aromatic N) is 5. The SMILES string of the molecule is COc1ccc([C@@H](C)NC(=O)c2c3n(c(=O)n2-c2ccc(-n4cccn4)cc2)C[C@H](C)N(C(=O)c2ccc(Br)c(Cl)c2)C3)cc1. The minimum Gasteiger partial charge on any atom is -0.497 e. The lowest BCUT2D eigenvalue weighted by molar-refractivity contribution is 0.0610. The number of benzene rings is 3. The van der Waals surface area contributed by atoms with Crippen LogP contribution < -0.4 is 15.7 Å². The van der Waals surface area contributed by atoms with Crippen LogP contribution in [0.1, 0.15) is 52.0 Å². The molecule has 3 heterocycles. The number of fused-ring (bicyclic) bond motifs is 1. The monoisotopic (exact) mass is 688 g/mol. The van der Waals surface area contributed by atoms with Crippen molar-refractivity contribution in [2.45, 2.75) is 39.0 Å². The first-order valence-corrected chi connectivity index (χ1v) is 15.5. The molecule has 1 N–H and O–H groups in total. The molecule has 12 heteroatoms. The first kappa shape index (κ1) is 30.4. The van der Waals surface area contributed by atoms with E-state index in [4.69, 9.17) is 16.3 Å². The summed E-state index contributed by atoms with van der Waals surface area (Å²) >= 11 is 9.67. The summed E-state index contributed by atoms with van der Waals surface area (Å²) in [5.74, 6) is 0.0240. The third kappa shape index (κ3) is 5.81. The number of rotatable bonds is 7. The number of hydrogen-bond donors (Lipinski definition) is 1. The van der Waals surface area contributed by atoms with Crippen molar-refractivity contribution in [1.82, 2.24) is 29.1 Å². The van der Waals surface area contributed by atoms with Crippen LogP contribution in [0.25, 0.3) is 11.4 Å². The Morgan fingerprint density at radius 3 is 2.42 bits per heavy atom. The van der Waals surface area contributed by atoms with Gasteiger partial charge in [0, 0.05) is 35.0 Å². The topological polar surface area (TPSA) is 103 Å². The predicted octanol–water partition coefficient (Wildman–Crippen LogP) is 5.78. The van der Waals surface area contributed by atoms with Crippen LogP contribution in [0.15, 0.2) is 94.5 Å². The number of ether oxygens (including phenoxy) is 1. The van der Waals surface area contributed by atoms with Crippen LogP contribution >= 0.6 is 27.5 Å². The molecular weight excluding hydrogens is 660 g/mol. The van der Waals surface area contributed by atoms with Gasteiger partial charge >= 0.3 is 5.69 Å².